The molecule has 3 atom stereocenters. The molecule has 2 fully saturated rings. The summed E-state index contributed by atoms with van der Waals surface area (Å²) in [6, 6.07) is 13.4. The number of fused-ring (bicyclic) bond motifs is 1. The Bertz CT molecular complexity index is 1560. The van der Waals surface area contributed by atoms with E-state index in [1.165, 1.54) is 0 Å². The molecule has 0 radical (unpaired) electrons. The van der Waals surface area contributed by atoms with E-state index in [4.69, 9.17) is 21.1 Å². The lowest BCUT2D eigenvalue weighted by molar-refractivity contribution is -0.138. The largest absolute Gasteiger partial charge is 0.457 e. The number of hydrogen-bond acceptors (Lipinski definition) is 7. The predicted octanol–water partition coefficient (Wildman–Crippen LogP) is 5.99. The zero-order valence-corrected chi connectivity index (χ0v) is 26.8. The van der Waals surface area contributed by atoms with E-state index >= 15 is 0 Å². The molecule has 6 rings (SSSR count). The van der Waals surface area contributed by atoms with Gasteiger partial charge in [-0.25, -0.2) is 9.48 Å². The van der Waals surface area contributed by atoms with Gasteiger partial charge >= 0.3 is 6.09 Å². The van der Waals surface area contributed by atoms with Gasteiger partial charge in [-0.3, -0.25) is 14.5 Å². The number of nitrogens with one attached hydrogen (secondary N) is 1. The van der Waals surface area contributed by atoms with E-state index in [-0.39, 0.29) is 30.9 Å². The van der Waals surface area contributed by atoms with Crippen LogP contribution in [0.5, 0.6) is 11.5 Å². The molecule has 1 N–H and O–H groups in total. The molecule has 3 heterocycles. The molecule has 3 aromatic rings. The van der Waals surface area contributed by atoms with Crippen molar-refractivity contribution in [1.29, 1.82) is 0 Å². The number of ether oxygens (including phenoxy) is 2. The fourth-order valence-corrected chi connectivity index (χ4v) is 6.12. The average Bonchev–Trinajstić information content (AvgIpc) is 3.59. The molecule has 1 aromatic heterocycles. The van der Waals surface area contributed by atoms with E-state index < -0.39 is 23.7 Å². The molecule has 0 spiro atoms. The monoisotopic (exact) mass is 634 g/mol. The molecule has 3 aliphatic rings. The molecule has 1 saturated carbocycles. The minimum absolute atomic E-state index is 0.140. The van der Waals surface area contributed by atoms with Gasteiger partial charge in [-0.1, -0.05) is 16.8 Å². The summed E-state index contributed by atoms with van der Waals surface area (Å²) in [5, 5.41) is 12.5. The second-order valence-corrected chi connectivity index (χ2v) is 13.7. The zero-order chi connectivity index (χ0) is 31.9. The van der Waals surface area contributed by atoms with Crippen LogP contribution in [-0.2, 0) is 27.4 Å². The fourth-order valence-electron chi connectivity index (χ4n) is 5.99. The normalized spacial score (nSPS) is 21.3. The van der Waals surface area contributed by atoms with E-state index in [9.17, 15) is 14.4 Å². The molecule has 45 heavy (non-hydrogen) atoms. The second kappa shape index (κ2) is 12.3. The van der Waals surface area contributed by atoms with Crippen molar-refractivity contribution in [2.24, 2.45) is 5.92 Å². The summed E-state index contributed by atoms with van der Waals surface area (Å²) in [7, 11) is 0. The maximum absolute atomic E-state index is 14.0. The smallest absolute Gasteiger partial charge is 0.411 e. The van der Waals surface area contributed by atoms with E-state index in [1.807, 2.05) is 32.4 Å². The first-order valence-corrected chi connectivity index (χ1v) is 15.9. The standard InChI is InChI=1S/C33H39ClN6O5/c1-20-5-16-28(40(20)32(43)45-33(2,3)4)31(42)38-18-26(29-27(19-38)36-37-39(29)17-21-6-7-21)30(41)35-23-10-14-25(15-11-23)44-24-12-8-22(34)9-13-24/h8-15,20-21,26,28H,5-7,16-19H2,1-4H3,(H,35,41)/t20-,26?,28+/m1/s1. The van der Waals surface area contributed by atoms with Gasteiger partial charge in [-0.05, 0) is 108 Å². The van der Waals surface area contributed by atoms with Gasteiger partial charge in [-0.2, -0.15) is 0 Å². The summed E-state index contributed by atoms with van der Waals surface area (Å²) in [5.41, 5.74) is 1.26. The number of carbonyl (C=O) groups is 3. The Kier molecular flexibility index (Phi) is 8.47. The highest BCUT2D eigenvalue weighted by Gasteiger charge is 2.45. The third-order valence-corrected chi connectivity index (χ3v) is 8.66. The van der Waals surface area contributed by atoms with Crippen molar-refractivity contribution in [2.75, 3.05) is 11.9 Å². The van der Waals surface area contributed by atoms with Crippen LogP contribution < -0.4 is 10.1 Å². The third kappa shape index (κ3) is 7.08. The number of anilines is 1. The van der Waals surface area contributed by atoms with Crippen molar-refractivity contribution in [3.63, 3.8) is 0 Å². The Balaban J connectivity index is 1.20. The van der Waals surface area contributed by atoms with Gasteiger partial charge in [0, 0.05) is 29.8 Å². The molecule has 238 valence electrons. The van der Waals surface area contributed by atoms with Crippen molar-refractivity contribution in [1.82, 2.24) is 24.8 Å². The van der Waals surface area contributed by atoms with Crippen molar-refractivity contribution in [3.05, 3.63) is 64.9 Å². The first-order valence-electron chi connectivity index (χ1n) is 15.5. The van der Waals surface area contributed by atoms with Crippen molar-refractivity contribution < 1.29 is 23.9 Å². The van der Waals surface area contributed by atoms with Crippen LogP contribution in [0.3, 0.4) is 0 Å². The Morgan fingerprint density at radius 2 is 1.64 bits per heavy atom. The molecule has 1 aliphatic carbocycles. The minimum atomic E-state index is -0.690. The van der Waals surface area contributed by atoms with Crippen LogP contribution in [0.25, 0.3) is 0 Å². The molecule has 1 saturated heterocycles. The number of nitrogens with zero attached hydrogens (tertiary/aromatic N) is 5. The predicted molar refractivity (Wildman–Crippen MR) is 168 cm³/mol. The van der Waals surface area contributed by atoms with Gasteiger partial charge in [0.25, 0.3) is 0 Å². The first-order chi connectivity index (χ1) is 21.4. The molecule has 0 bridgehead atoms. The van der Waals surface area contributed by atoms with E-state index in [0.29, 0.717) is 53.2 Å². The fraction of sp³-hybridized carbons (Fsp3) is 0.485. The van der Waals surface area contributed by atoms with Gasteiger partial charge in [0.05, 0.1) is 18.2 Å². The first kappa shape index (κ1) is 30.9. The summed E-state index contributed by atoms with van der Waals surface area (Å²) in [6.45, 7) is 8.43. The van der Waals surface area contributed by atoms with Gasteiger partial charge in [0.15, 0.2) is 0 Å². The number of hydrogen-bond donors (Lipinski definition) is 1. The summed E-state index contributed by atoms with van der Waals surface area (Å²) in [6.07, 6.45) is 2.96. The van der Waals surface area contributed by atoms with Crippen LogP contribution in [0.1, 0.15) is 70.7 Å². The van der Waals surface area contributed by atoms with E-state index in [0.717, 1.165) is 18.5 Å². The number of rotatable bonds is 7. The maximum Gasteiger partial charge on any atom is 0.411 e. The Labute approximate surface area is 267 Å². The number of halogens is 1. The average molecular weight is 635 g/mol. The highest BCUT2D eigenvalue weighted by molar-refractivity contribution is 6.30. The highest BCUT2D eigenvalue weighted by atomic mass is 35.5. The summed E-state index contributed by atoms with van der Waals surface area (Å²) < 4.78 is 13.4. The van der Waals surface area contributed by atoms with Gasteiger partial charge in [-0.15, -0.1) is 5.10 Å². The maximum atomic E-state index is 14.0. The van der Waals surface area contributed by atoms with Crippen molar-refractivity contribution in [3.8, 4) is 11.5 Å². The summed E-state index contributed by atoms with van der Waals surface area (Å²) in [4.78, 5) is 44.3. The summed E-state index contributed by atoms with van der Waals surface area (Å²) in [5.74, 6) is 0.616. The number of amides is 3. The lowest BCUT2D eigenvalue weighted by atomic mass is 9.96. The molecule has 12 heteroatoms. The van der Waals surface area contributed by atoms with E-state index in [2.05, 4.69) is 15.6 Å². The van der Waals surface area contributed by atoms with Crippen LogP contribution in [0.15, 0.2) is 48.5 Å². The molecule has 11 nitrogen and oxygen atoms in total. The lowest BCUT2D eigenvalue weighted by Gasteiger charge is -2.36. The van der Waals surface area contributed by atoms with Crippen molar-refractivity contribution >= 4 is 35.2 Å². The molecular weight excluding hydrogens is 596 g/mol. The SMILES string of the molecule is C[C@@H]1CC[C@@H](C(=O)N2Cc3nnn(CC4CC4)c3C(C(=O)Nc3ccc(Oc4ccc(Cl)cc4)cc3)C2)N1C(=O)OC(C)(C)C. The lowest BCUT2D eigenvalue weighted by Crippen LogP contribution is -2.53. The summed E-state index contributed by atoms with van der Waals surface area (Å²) >= 11 is 5.97. The number of benzene rings is 2. The number of carbonyl (C=O) groups excluding carboxylic acids is 3. The zero-order valence-electron chi connectivity index (χ0n) is 26.0. The molecule has 2 aliphatic heterocycles. The van der Waals surface area contributed by atoms with E-state index in [1.54, 1.807) is 58.3 Å². The molecule has 1 unspecified atom stereocenters. The van der Waals surface area contributed by atoms with Crippen LogP contribution in [0.2, 0.25) is 5.02 Å². The van der Waals surface area contributed by atoms with Gasteiger partial charge in [0.1, 0.15) is 28.8 Å². The van der Waals surface area contributed by atoms with Gasteiger partial charge < -0.3 is 19.7 Å². The minimum Gasteiger partial charge on any atom is -0.457 e. The topological polar surface area (TPSA) is 119 Å². The Morgan fingerprint density at radius 3 is 2.29 bits per heavy atom. The van der Waals surface area contributed by atoms with Crippen LogP contribution >= 0.6 is 11.6 Å². The van der Waals surface area contributed by atoms with Crippen LogP contribution in [-0.4, -0.2) is 66.9 Å². The Hall–Kier alpha value is -4.12. The Morgan fingerprint density at radius 1 is 0.978 bits per heavy atom. The third-order valence-electron chi connectivity index (χ3n) is 8.41. The molecule has 2 aromatic carbocycles. The number of aromatic nitrogens is 3. The molecule has 3 amide bonds. The molecular formula is C33H39ClN6O5. The quantitative estimate of drug-likeness (QED) is 0.339. The van der Waals surface area contributed by atoms with Gasteiger partial charge in [0.2, 0.25) is 11.8 Å². The number of likely N-dealkylation sites (tertiary alicyclic amines) is 1. The van der Waals surface area contributed by atoms with Crippen LogP contribution in [0, 0.1) is 5.92 Å². The highest BCUT2D eigenvalue weighted by Crippen LogP contribution is 2.36. The van der Waals surface area contributed by atoms with Crippen LogP contribution in [0.4, 0.5) is 10.5 Å². The second-order valence-electron chi connectivity index (χ2n) is 13.2. The van der Waals surface area contributed by atoms with Crippen molar-refractivity contribution in [2.45, 2.75) is 90.1 Å².